The van der Waals surface area contributed by atoms with Crippen molar-refractivity contribution >= 4 is 23.7 Å². The second-order valence-corrected chi connectivity index (χ2v) is 8.06. The zero-order chi connectivity index (χ0) is 23.6. The van der Waals surface area contributed by atoms with Crippen molar-refractivity contribution in [1.82, 2.24) is 25.9 Å². The molecule has 0 aliphatic heterocycles. The molecule has 4 unspecified atom stereocenters. The van der Waals surface area contributed by atoms with E-state index in [4.69, 9.17) is 5.73 Å². The molecule has 174 valence electrons. The number of carbonyl (C=O) groups excluding carboxylic acids is 3. The first-order valence-corrected chi connectivity index (χ1v) is 10.4. The van der Waals surface area contributed by atoms with Crippen molar-refractivity contribution in [3.63, 3.8) is 0 Å². The number of carbonyl (C=O) groups is 4. The third-order valence-corrected chi connectivity index (χ3v) is 4.94. The van der Waals surface area contributed by atoms with Crippen LogP contribution in [0.2, 0.25) is 0 Å². The summed E-state index contributed by atoms with van der Waals surface area (Å²) in [5.74, 6) is -2.84. The van der Waals surface area contributed by atoms with E-state index < -0.39 is 48.4 Å². The van der Waals surface area contributed by atoms with Gasteiger partial charge in [0.05, 0.1) is 18.9 Å². The zero-order valence-corrected chi connectivity index (χ0v) is 18.5. The predicted octanol–water partition coefficient (Wildman–Crippen LogP) is -0.458. The maximum atomic E-state index is 12.7. The lowest BCUT2D eigenvalue weighted by Crippen LogP contribution is -2.55. The number of hydrogen-bond donors (Lipinski definition) is 6. The van der Waals surface area contributed by atoms with Crippen LogP contribution in [0.3, 0.4) is 0 Å². The number of nitrogens with one attached hydrogen (secondary N) is 4. The lowest BCUT2D eigenvalue weighted by molar-refractivity contribution is -0.142. The van der Waals surface area contributed by atoms with Crippen LogP contribution in [0.1, 0.15) is 46.2 Å². The Labute approximate surface area is 181 Å². The van der Waals surface area contributed by atoms with Gasteiger partial charge in [-0.05, 0) is 18.3 Å². The smallest absolute Gasteiger partial charge is 0.326 e. The van der Waals surface area contributed by atoms with E-state index in [2.05, 4.69) is 25.9 Å². The van der Waals surface area contributed by atoms with Gasteiger partial charge in [-0.3, -0.25) is 14.4 Å². The first-order chi connectivity index (χ1) is 14.5. The molecule has 11 nitrogen and oxygen atoms in total. The van der Waals surface area contributed by atoms with Gasteiger partial charge in [0, 0.05) is 18.3 Å². The Kier molecular flexibility index (Phi) is 10.7. The minimum absolute atomic E-state index is 0.0692. The molecular formula is C20H34N6O5. The molecule has 0 radical (unpaired) electrons. The molecule has 4 atom stereocenters. The third kappa shape index (κ3) is 9.16. The van der Waals surface area contributed by atoms with Gasteiger partial charge in [-0.15, -0.1) is 0 Å². The van der Waals surface area contributed by atoms with Gasteiger partial charge >= 0.3 is 5.97 Å². The quantitative estimate of drug-likeness (QED) is 0.241. The van der Waals surface area contributed by atoms with Crippen LogP contribution in [0.25, 0.3) is 0 Å². The van der Waals surface area contributed by atoms with Crippen molar-refractivity contribution in [2.45, 2.75) is 65.1 Å². The predicted molar refractivity (Wildman–Crippen MR) is 114 cm³/mol. The summed E-state index contributed by atoms with van der Waals surface area (Å²) in [6.07, 6.45) is 4.06. The summed E-state index contributed by atoms with van der Waals surface area (Å²) in [5, 5.41) is 16.7. The number of imidazole rings is 1. The molecule has 0 aliphatic carbocycles. The monoisotopic (exact) mass is 438 g/mol. The van der Waals surface area contributed by atoms with E-state index in [9.17, 15) is 24.3 Å². The minimum Gasteiger partial charge on any atom is -0.480 e. The Balaban J connectivity index is 2.75. The summed E-state index contributed by atoms with van der Waals surface area (Å²) in [6.45, 7) is 7.02. The van der Waals surface area contributed by atoms with Gasteiger partial charge < -0.3 is 31.8 Å². The number of aliphatic carboxylic acids is 1. The van der Waals surface area contributed by atoms with Crippen molar-refractivity contribution in [2.24, 2.45) is 17.6 Å². The van der Waals surface area contributed by atoms with Gasteiger partial charge in [0.15, 0.2) is 0 Å². The first kappa shape index (κ1) is 26.1. The minimum atomic E-state index is -1.14. The molecule has 3 amide bonds. The van der Waals surface area contributed by atoms with Crippen LogP contribution in [0.5, 0.6) is 0 Å². The SMILES string of the molecule is CCC(C)C(N)C(=O)NC(Cc1cnc[nH]1)C(=O)NCC(=O)NC(CC(C)C)C(=O)O. The van der Waals surface area contributed by atoms with E-state index in [0.717, 1.165) is 0 Å². The Morgan fingerprint density at radius 3 is 2.32 bits per heavy atom. The highest BCUT2D eigenvalue weighted by Crippen LogP contribution is 2.07. The van der Waals surface area contributed by atoms with E-state index in [0.29, 0.717) is 12.1 Å². The molecule has 0 saturated carbocycles. The van der Waals surface area contributed by atoms with E-state index in [1.54, 1.807) is 0 Å². The number of amides is 3. The van der Waals surface area contributed by atoms with Crippen LogP contribution in [0, 0.1) is 11.8 Å². The van der Waals surface area contributed by atoms with E-state index in [1.165, 1.54) is 12.5 Å². The molecule has 31 heavy (non-hydrogen) atoms. The maximum absolute atomic E-state index is 12.7. The second-order valence-electron chi connectivity index (χ2n) is 8.06. The van der Waals surface area contributed by atoms with Crippen LogP contribution < -0.4 is 21.7 Å². The molecule has 0 aliphatic rings. The van der Waals surface area contributed by atoms with Crippen LogP contribution >= 0.6 is 0 Å². The molecule has 1 rings (SSSR count). The summed E-state index contributed by atoms with van der Waals surface area (Å²) in [7, 11) is 0. The van der Waals surface area contributed by atoms with Gasteiger partial charge in [0.2, 0.25) is 17.7 Å². The highest BCUT2D eigenvalue weighted by molar-refractivity contribution is 5.92. The van der Waals surface area contributed by atoms with Crippen molar-refractivity contribution in [3.8, 4) is 0 Å². The molecule has 0 fully saturated rings. The maximum Gasteiger partial charge on any atom is 0.326 e. The molecule has 7 N–H and O–H groups in total. The van der Waals surface area contributed by atoms with Gasteiger partial charge in [-0.2, -0.15) is 0 Å². The van der Waals surface area contributed by atoms with Crippen molar-refractivity contribution in [2.75, 3.05) is 6.54 Å². The van der Waals surface area contributed by atoms with Gasteiger partial charge in [0.1, 0.15) is 12.1 Å². The molecule has 1 aromatic rings. The number of nitrogens with two attached hydrogens (primary N) is 1. The lowest BCUT2D eigenvalue weighted by atomic mass is 9.99. The molecule has 0 bridgehead atoms. The average molecular weight is 439 g/mol. The largest absolute Gasteiger partial charge is 0.480 e. The number of carboxylic acids is 1. The Bertz CT molecular complexity index is 736. The molecule has 0 spiro atoms. The Hall–Kier alpha value is -2.95. The number of rotatable bonds is 13. The summed E-state index contributed by atoms with van der Waals surface area (Å²) < 4.78 is 0. The second kappa shape index (κ2) is 12.7. The van der Waals surface area contributed by atoms with Crippen LogP contribution in [-0.4, -0.2) is 63.4 Å². The fourth-order valence-electron chi connectivity index (χ4n) is 2.83. The molecule has 1 heterocycles. The highest BCUT2D eigenvalue weighted by Gasteiger charge is 2.27. The molecule has 11 heteroatoms. The summed E-state index contributed by atoms with van der Waals surface area (Å²) in [4.78, 5) is 55.3. The van der Waals surface area contributed by atoms with Gasteiger partial charge in [-0.1, -0.05) is 34.1 Å². The fourth-order valence-corrected chi connectivity index (χ4v) is 2.83. The normalized spacial score (nSPS) is 14.9. The number of carboxylic acid groups (broad SMARTS) is 1. The molecule has 0 aromatic carbocycles. The van der Waals surface area contributed by atoms with Crippen molar-refractivity contribution < 1.29 is 24.3 Å². The van der Waals surface area contributed by atoms with E-state index >= 15 is 0 Å². The topological polar surface area (TPSA) is 179 Å². The van der Waals surface area contributed by atoms with Crippen LogP contribution in [-0.2, 0) is 25.6 Å². The zero-order valence-electron chi connectivity index (χ0n) is 18.5. The van der Waals surface area contributed by atoms with Crippen molar-refractivity contribution in [1.29, 1.82) is 0 Å². The third-order valence-electron chi connectivity index (χ3n) is 4.94. The van der Waals surface area contributed by atoms with Gasteiger partial charge in [0.25, 0.3) is 0 Å². The highest BCUT2D eigenvalue weighted by atomic mass is 16.4. The molecule has 0 saturated heterocycles. The number of aromatic nitrogens is 2. The lowest BCUT2D eigenvalue weighted by Gasteiger charge is -2.23. The van der Waals surface area contributed by atoms with E-state index in [-0.39, 0.29) is 24.7 Å². The summed E-state index contributed by atoms with van der Waals surface area (Å²) in [6, 6.07) is -2.81. The van der Waals surface area contributed by atoms with Crippen LogP contribution in [0.15, 0.2) is 12.5 Å². The fraction of sp³-hybridized carbons (Fsp3) is 0.650. The number of H-pyrrole nitrogens is 1. The molecule has 1 aromatic heterocycles. The summed E-state index contributed by atoms with van der Waals surface area (Å²) in [5.41, 5.74) is 6.57. The van der Waals surface area contributed by atoms with Gasteiger partial charge in [-0.25, -0.2) is 9.78 Å². The standard InChI is InChI=1S/C20H34N6O5/c1-5-12(4)17(21)19(29)26-14(7-13-8-22-10-24-13)18(28)23-9-16(27)25-15(20(30)31)6-11(2)3/h8,10-12,14-15,17H,5-7,9,21H2,1-4H3,(H,22,24)(H,23,28)(H,25,27)(H,26,29)(H,30,31). The van der Waals surface area contributed by atoms with E-state index in [1.807, 2.05) is 27.7 Å². The first-order valence-electron chi connectivity index (χ1n) is 10.4. The van der Waals surface area contributed by atoms with Crippen LogP contribution in [0.4, 0.5) is 0 Å². The van der Waals surface area contributed by atoms with Crippen molar-refractivity contribution in [3.05, 3.63) is 18.2 Å². The number of aromatic amines is 1. The Morgan fingerprint density at radius 2 is 1.81 bits per heavy atom. The molecular weight excluding hydrogens is 404 g/mol. The average Bonchev–Trinajstić information content (AvgIpc) is 3.22. The Morgan fingerprint density at radius 1 is 1.13 bits per heavy atom. The summed E-state index contributed by atoms with van der Waals surface area (Å²) >= 11 is 0. The number of nitrogens with zero attached hydrogens (tertiary/aromatic N) is 1. The number of hydrogen-bond acceptors (Lipinski definition) is 6.